The lowest BCUT2D eigenvalue weighted by Crippen LogP contribution is -2.32. The molecule has 0 bridgehead atoms. The number of carbonyl (C=O) groups is 1. The summed E-state index contributed by atoms with van der Waals surface area (Å²) in [5.74, 6) is -0.602. The molecule has 1 heterocycles. The number of benzene rings is 2. The summed E-state index contributed by atoms with van der Waals surface area (Å²) < 4.78 is 26.4. The molecular formula is C17H13ClN2O4S. The number of halogens is 1. The van der Waals surface area contributed by atoms with Crippen LogP contribution in [0.1, 0.15) is 15.9 Å². The first-order chi connectivity index (χ1) is 11.8. The van der Waals surface area contributed by atoms with E-state index in [1.807, 2.05) is 6.92 Å². The van der Waals surface area contributed by atoms with Gasteiger partial charge in [-0.15, -0.1) is 0 Å². The molecule has 0 aliphatic carbocycles. The van der Waals surface area contributed by atoms with E-state index in [0.29, 0.717) is 9.00 Å². The van der Waals surface area contributed by atoms with Gasteiger partial charge in [0.2, 0.25) is 0 Å². The van der Waals surface area contributed by atoms with E-state index < -0.39 is 21.6 Å². The summed E-state index contributed by atoms with van der Waals surface area (Å²) >= 11 is 5.75. The Hall–Kier alpha value is -2.64. The number of aryl methyl sites for hydroxylation is 1. The van der Waals surface area contributed by atoms with E-state index in [0.717, 1.165) is 22.5 Å². The summed E-state index contributed by atoms with van der Waals surface area (Å²) in [5, 5.41) is 0.374. The molecule has 25 heavy (non-hydrogen) atoms. The molecule has 0 fully saturated rings. The molecule has 1 aromatic heterocycles. The smallest absolute Gasteiger partial charge is 0.268 e. The summed E-state index contributed by atoms with van der Waals surface area (Å²) in [4.78, 5) is 24.8. The highest BCUT2D eigenvalue weighted by molar-refractivity contribution is 7.90. The normalized spacial score (nSPS) is 11.4. The Morgan fingerprint density at radius 2 is 1.56 bits per heavy atom. The van der Waals surface area contributed by atoms with Crippen molar-refractivity contribution in [3.05, 3.63) is 87.6 Å². The van der Waals surface area contributed by atoms with Crippen molar-refractivity contribution in [2.24, 2.45) is 0 Å². The van der Waals surface area contributed by atoms with Crippen LogP contribution >= 0.6 is 11.6 Å². The van der Waals surface area contributed by atoms with E-state index >= 15 is 0 Å². The third-order valence-corrected chi connectivity index (χ3v) is 5.55. The van der Waals surface area contributed by atoms with Gasteiger partial charge in [-0.05, 0) is 43.3 Å². The molecule has 0 N–H and O–H groups in total. The zero-order valence-corrected chi connectivity index (χ0v) is 14.7. The fourth-order valence-corrected chi connectivity index (χ4v) is 3.60. The van der Waals surface area contributed by atoms with Gasteiger partial charge >= 0.3 is 5.69 Å². The molecule has 6 nitrogen and oxygen atoms in total. The minimum Gasteiger partial charge on any atom is -0.268 e. The van der Waals surface area contributed by atoms with Crippen LogP contribution in [0.3, 0.4) is 0 Å². The highest BCUT2D eigenvalue weighted by Gasteiger charge is 2.22. The van der Waals surface area contributed by atoms with Crippen LogP contribution in [0, 0.1) is 6.92 Å². The van der Waals surface area contributed by atoms with Crippen molar-refractivity contribution in [2.75, 3.05) is 0 Å². The van der Waals surface area contributed by atoms with Crippen LogP contribution in [0.5, 0.6) is 0 Å². The van der Waals surface area contributed by atoms with E-state index in [4.69, 9.17) is 11.6 Å². The maximum Gasteiger partial charge on any atom is 0.349 e. The Morgan fingerprint density at radius 3 is 2.16 bits per heavy atom. The predicted molar refractivity (Wildman–Crippen MR) is 93.6 cm³/mol. The van der Waals surface area contributed by atoms with E-state index in [1.54, 1.807) is 24.3 Å². The molecule has 0 spiro atoms. The first kappa shape index (κ1) is 17.2. The maximum atomic E-state index is 12.6. The Kier molecular flexibility index (Phi) is 4.36. The van der Waals surface area contributed by atoms with Crippen LogP contribution in [-0.2, 0) is 10.0 Å². The van der Waals surface area contributed by atoms with Crippen LogP contribution in [0.15, 0.2) is 70.6 Å². The summed E-state index contributed by atoms with van der Waals surface area (Å²) in [6.07, 6.45) is 2.19. The number of nitrogens with zero attached hydrogens (tertiary/aromatic N) is 2. The van der Waals surface area contributed by atoms with Crippen LogP contribution in [0.25, 0.3) is 0 Å². The first-order valence-electron chi connectivity index (χ1n) is 7.23. The topological polar surface area (TPSA) is 78.1 Å². The molecule has 0 amide bonds. The average Bonchev–Trinajstić information content (AvgIpc) is 2.97. The van der Waals surface area contributed by atoms with Crippen LogP contribution in [0.4, 0.5) is 0 Å². The van der Waals surface area contributed by atoms with Crippen molar-refractivity contribution in [3.8, 4) is 0 Å². The first-order valence-corrected chi connectivity index (χ1v) is 9.05. The second kappa shape index (κ2) is 6.34. The molecule has 3 aromatic rings. The van der Waals surface area contributed by atoms with E-state index in [1.165, 1.54) is 24.3 Å². The van der Waals surface area contributed by atoms with Crippen LogP contribution < -0.4 is 5.69 Å². The third kappa shape index (κ3) is 3.16. The monoisotopic (exact) mass is 376 g/mol. The molecule has 0 unspecified atom stereocenters. The molecule has 128 valence electrons. The largest absolute Gasteiger partial charge is 0.349 e. The second-order valence-corrected chi connectivity index (χ2v) is 7.63. The molecule has 0 radical (unpaired) electrons. The fourth-order valence-electron chi connectivity index (χ4n) is 2.25. The Labute approximate surface area is 149 Å². The van der Waals surface area contributed by atoms with Gasteiger partial charge in [0.25, 0.3) is 15.9 Å². The van der Waals surface area contributed by atoms with Gasteiger partial charge in [-0.2, -0.15) is 3.97 Å². The SMILES string of the molecule is Cc1ccc(C(=O)n2ccn(S(=O)(=O)c3ccc(Cl)cc3)c2=O)cc1. The van der Waals surface area contributed by atoms with Gasteiger partial charge in [0.05, 0.1) is 4.90 Å². The van der Waals surface area contributed by atoms with Crippen LogP contribution in [0.2, 0.25) is 5.02 Å². The molecule has 0 saturated heterocycles. The average molecular weight is 377 g/mol. The van der Waals surface area contributed by atoms with Crippen molar-refractivity contribution in [1.82, 2.24) is 8.54 Å². The van der Waals surface area contributed by atoms with Gasteiger partial charge in [0.1, 0.15) is 0 Å². The zero-order chi connectivity index (χ0) is 18.2. The van der Waals surface area contributed by atoms with E-state index in [-0.39, 0.29) is 10.5 Å². The van der Waals surface area contributed by atoms with Gasteiger partial charge in [0, 0.05) is 23.0 Å². The van der Waals surface area contributed by atoms with Gasteiger partial charge in [0.15, 0.2) is 0 Å². The molecule has 8 heteroatoms. The number of carbonyl (C=O) groups excluding carboxylic acids is 1. The molecule has 0 aliphatic heterocycles. The molecule has 2 aromatic carbocycles. The minimum absolute atomic E-state index is 0.0977. The van der Waals surface area contributed by atoms with E-state index in [2.05, 4.69) is 0 Å². The molecule has 0 saturated carbocycles. The van der Waals surface area contributed by atoms with Gasteiger partial charge in [-0.1, -0.05) is 29.3 Å². The standard InChI is InChI=1S/C17H13ClN2O4S/c1-12-2-4-13(5-3-12)16(21)19-10-11-20(17(19)22)25(23,24)15-8-6-14(18)7-9-15/h2-11H,1H3. The maximum absolute atomic E-state index is 12.6. The number of rotatable bonds is 3. The van der Waals surface area contributed by atoms with Crippen molar-refractivity contribution in [3.63, 3.8) is 0 Å². The Balaban J connectivity index is 2.04. The molecule has 0 atom stereocenters. The minimum atomic E-state index is -4.12. The highest BCUT2D eigenvalue weighted by Crippen LogP contribution is 2.16. The van der Waals surface area contributed by atoms with E-state index in [9.17, 15) is 18.0 Å². The third-order valence-electron chi connectivity index (χ3n) is 3.63. The summed E-state index contributed by atoms with van der Waals surface area (Å²) in [6.45, 7) is 1.87. The van der Waals surface area contributed by atoms with Crippen molar-refractivity contribution in [2.45, 2.75) is 11.8 Å². The molecule has 3 rings (SSSR count). The number of hydrogen-bond acceptors (Lipinski definition) is 4. The lowest BCUT2D eigenvalue weighted by molar-refractivity contribution is 0.0956. The van der Waals surface area contributed by atoms with Gasteiger partial charge in [-0.25, -0.2) is 17.8 Å². The quantitative estimate of drug-likeness (QED) is 0.703. The van der Waals surface area contributed by atoms with Crippen molar-refractivity contribution in [1.29, 1.82) is 0 Å². The zero-order valence-electron chi connectivity index (χ0n) is 13.1. The fraction of sp³-hybridized carbons (Fsp3) is 0.0588. The number of hydrogen-bond donors (Lipinski definition) is 0. The summed E-state index contributed by atoms with van der Waals surface area (Å²) in [5.41, 5.74) is 0.293. The molecular weight excluding hydrogens is 364 g/mol. The Morgan fingerprint density at radius 1 is 0.960 bits per heavy atom. The van der Waals surface area contributed by atoms with Crippen molar-refractivity contribution < 1.29 is 13.2 Å². The highest BCUT2D eigenvalue weighted by atomic mass is 35.5. The lowest BCUT2D eigenvalue weighted by Gasteiger charge is -2.05. The van der Waals surface area contributed by atoms with Gasteiger partial charge < -0.3 is 0 Å². The lowest BCUT2D eigenvalue weighted by atomic mass is 10.1. The second-order valence-electron chi connectivity index (χ2n) is 5.38. The summed E-state index contributed by atoms with van der Waals surface area (Å²) in [7, 11) is -4.12. The van der Waals surface area contributed by atoms with Crippen molar-refractivity contribution >= 4 is 27.5 Å². The Bertz CT molecular complexity index is 1090. The predicted octanol–water partition coefficient (Wildman–Crippen LogP) is 2.54. The summed E-state index contributed by atoms with van der Waals surface area (Å²) in [6, 6.07) is 12.0. The molecule has 0 aliphatic rings. The number of aromatic nitrogens is 2. The van der Waals surface area contributed by atoms with Gasteiger partial charge in [-0.3, -0.25) is 4.79 Å². The number of imidazole rings is 1. The van der Waals surface area contributed by atoms with Crippen LogP contribution in [-0.4, -0.2) is 22.9 Å².